The number of carbonyl (C=O) groups excluding carboxylic acids is 1. The van der Waals surface area contributed by atoms with E-state index < -0.39 is 0 Å². The Balaban J connectivity index is 1.38. The zero-order valence-electron chi connectivity index (χ0n) is 15.8. The van der Waals surface area contributed by atoms with Crippen molar-refractivity contribution in [1.29, 1.82) is 0 Å². The number of urea groups is 1. The molecule has 1 heterocycles. The van der Waals surface area contributed by atoms with E-state index in [1.54, 1.807) is 7.11 Å². The Hall–Kier alpha value is -3.44. The molecule has 3 N–H and O–H groups in total. The van der Waals surface area contributed by atoms with Crippen LogP contribution in [-0.4, -0.2) is 18.1 Å². The number of halogens is 1. The molecule has 146 valence electrons. The summed E-state index contributed by atoms with van der Waals surface area (Å²) in [6.07, 6.45) is 0. The second-order valence-electron chi connectivity index (χ2n) is 6.65. The summed E-state index contributed by atoms with van der Waals surface area (Å²) in [4.78, 5) is 15.6. The minimum Gasteiger partial charge on any atom is -0.497 e. The molecule has 4 rings (SSSR count). The molecule has 29 heavy (non-hydrogen) atoms. The number of aromatic nitrogens is 1. The van der Waals surface area contributed by atoms with Gasteiger partial charge in [-0.2, -0.15) is 0 Å². The number of fused-ring (bicyclic) bond motifs is 1. The maximum Gasteiger partial charge on any atom is 0.319 e. The molecule has 0 radical (unpaired) electrons. The average molecular weight is 406 g/mol. The predicted octanol–water partition coefficient (Wildman–Crippen LogP) is 5.82. The molecule has 0 unspecified atom stereocenters. The third-order valence-corrected chi connectivity index (χ3v) is 4.86. The first kappa shape index (κ1) is 18.9. The van der Waals surface area contributed by atoms with Gasteiger partial charge in [0.2, 0.25) is 0 Å². The monoisotopic (exact) mass is 405 g/mol. The van der Waals surface area contributed by atoms with Gasteiger partial charge in [-0.15, -0.1) is 0 Å². The molecule has 0 bridgehead atoms. The van der Waals surface area contributed by atoms with E-state index in [2.05, 4.69) is 21.7 Å². The number of methoxy groups -OCH3 is 1. The zero-order valence-corrected chi connectivity index (χ0v) is 16.6. The van der Waals surface area contributed by atoms with Gasteiger partial charge in [0.15, 0.2) is 0 Å². The molecule has 0 fully saturated rings. The van der Waals surface area contributed by atoms with Crippen molar-refractivity contribution in [3.63, 3.8) is 0 Å². The van der Waals surface area contributed by atoms with E-state index in [4.69, 9.17) is 16.3 Å². The Morgan fingerprint density at radius 2 is 1.86 bits per heavy atom. The summed E-state index contributed by atoms with van der Waals surface area (Å²) in [5.41, 5.74) is 4.74. The van der Waals surface area contributed by atoms with Crippen molar-refractivity contribution in [2.45, 2.75) is 6.54 Å². The molecule has 6 heteroatoms. The SMILES string of the molecule is COc1cccc(CNC(=O)Nc2ccc(-c3cc4cc(Cl)ccc4[nH]3)cc2)c1. The molecule has 0 aliphatic rings. The third-order valence-electron chi connectivity index (χ3n) is 4.62. The minimum absolute atomic E-state index is 0.263. The van der Waals surface area contributed by atoms with Crippen LogP contribution in [0.2, 0.25) is 5.02 Å². The normalized spacial score (nSPS) is 10.7. The van der Waals surface area contributed by atoms with Gasteiger partial charge in [-0.25, -0.2) is 4.79 Å². The van der Waals surface area contributed by atoms with Gasteiger partial charge in [-0.3, -0.25) is 0 Å². The van der Waals surface area contributed by atoms with E-state index >= 15 is 0 Å². The number of benzene rings is 3. The number of H-pyrrole nitrogens is 1. The van der Waals surface area contributed by atoms with Gasteiger partial charge in [-0.05, 0) is 59.7 Å². The summed E-state index contributed by atoms with van der Waals surface area (Å²) in [6.45, 7) is 0.415. The van der Waals surface area contributed by atoms with Crippen LogP contribution < -0.4 is 15.4 Å². The van der Waals surface area contributed by atoms with Crippen LogP contribution in [0.1, 0.15) is 5.56 Å². The average Bonchev–Trinajstić information content (AvgIpc) is 3.16. The molecule has 0 atom stereocenters. The van der Waals surface area contributed by atoms with Crippen molar-refractivity contribution in [2.75, 3.05) is 12.4 Å². The Labute approximate surface area is 173 Å². The molecular formula is C23H20ClN3O2. The van der Waals surface area contributed by atoms with E-state index in [0.717, 1.165) is 39.2 Å². The Bertz CT molecular complexity index is 1150. The lowest BCUT2D eigenvalue weighted by atomic mass is 10.1. The van der Waals surface area contributed by atoms with E-state index in [1.165, 1.54) is 0 Å². The second kappa shape index (κ2) is 8.29. The fourth-order valence-corrected chi connectivity index (χ4v) is 3.31. The number of aromatic amines is 1. The van der Waals surface area contributed by atoms with E-state index in [9.17, 15) is 4.79 Å². The summed E-state index contributed by atoms with van der Waals surface area (Å²) in [6, 6.07) is 22.8. The lowest BCUT2D eigenvalue weighted by molar-refractivity contribution is 0.251. The first-order chi connectivity index (χ1) is 14.1. The maximum atomic E-state index is 12.2. The standard InChI is InChI=1S/C23H20ClN3O2/c1-29-20-4-2-3-15(11-20)14-25-23(28)26-19-8-5-16(6-9-19)22-13-17-12-18(24)7-10-21(17)27-22/h2-13,27H,14H2,1H3,(H2,25,26,28). The first-order valence-corrected chi connectivity index (χ1v) is 9.55. The third kappa shape index (κ3) is 4.52. The van der Waals surface area contributed by atoms with Crippen LogP contribution in [0, 0.1) is 0 Å². The zero-order chi connectivity index (χ0) is 20.2. The van der Waals surface area contributed by atoms with Crippen LogP contribution in [0.4, 0.5) is 10.5 Å². The van der Waals surface area contributed by atoms with Gasteiger partial charge in [0.1, 0.15) is 5.75 Å². The van der Waals surface area contributed by atoms with Crippen LogP contribution in [0.15, 0.2) is 72.8 Å². The molecule has 0 spiro atoms. The topological polar surface area (TPSA) is 66.2 Å². The minimum atomic E-state index is -0.263. The lowest BCUT2D eigenvalue weighted by Gasteiger charge is -2.09. The molecule has 0 saturated carbocycles. The van der Waals surface area contributed by atoms with Crippen molar-refractivity contribution in [3.8, 4) is 17.0 Å². The number of ether oxygens (including phenoxy) is 1. The number of nitrogens with one attached hydrogen (secondary N) is 3. The Morgan fingerprint density at radius 3 is 2.66 bits per heavy atom. The van der Waals surface area contributed by atoms with Gasteiger partial charge in [0.25, 0.3) is 0 Å². The van der Waals surface area contributed by atoms with Crippen molar-refractivity contribution < 1.29 is 9.53 Å². The van der Waals surface area contributed by atoms with Gasteiger partial charge in [0, 0.05) is 33.9 Å². The summed E-state index contributed by atoms with van der Waals surface area (Å²) in [5.74, 6) is 0.763. The van der Waals surface area contributed by atoms with E-state index in [0.29, 0.717) is 11.6 Å². The first-order valence-electron chi connectivity index (χ1n) is 9.17. The van der Waals surface area contributed by atoms with Gasteiger partial charge in [-0.1, -0.05) is 35.9 Å². The number of carbonyl (C=O) groups is 1. The number of amides is 2. The van der Waals surface area contributed by atoms with Crippen molar-refractivity contribution in [1.82, 2.24) is 10.3 Å². The number of anilines is 1. The van der Waals surface area contributed by atoms with Gasteiger partial charge in [0.05, 0.1) is 7.11 Å². The fourth-order valence-electron chi connectivity index (χ4n) is 3.13. The molecular weight excluding hydrogens is 386 g/mol. The molecule has 0 aliphatic carbocycles. The van der Waals surface area contributed by atoms with Crippen LogP contribution in [0.25, 0.3) is 22.2 Å². The summed E-state index contributed by atoms with van der Waals surface area (Å²) in [5, 5.41) is 7.46. The smallest absolute Gasteiger partial charge is 0.319 e. The highest BCUT2D eigenvalue weighted by Crippen LogP contribution is 2.27. The molecule has 2 amide bonds. The maximum absolute atomic E-state index is 12.2. The predicted molar refractivity (Wildman–Crippen MR) is 118 cm³/mol. The molecule has 0 saturated heterocycles. The molecule has 4 aromatic rings. The lowest BCUT2D eigenvalue weighted by Crippen LogP contribution is -2.28. The summed E-state index contributed by atoms with van der Waals surface area (Å²) in [7, 11) is 1.62. The number of hydrogen-bond acceptors (Lipinski definition) is 2. The van der Waals surface area contributed by atoms with Crippen LogP contribution in [-0.2, 0) is 6.54 Å². The molecule has 1 aromatic heterocycles. The number of hydrogen-bond donors (Lipinski definition) is 3. The van der Waals surface area contributed by atoms with E-state index in [1.807, 2.05) is 66.7 Å². The molecule has 5 nitrogen and oxygen atoms in total. The van der Waals surface area contributed by atoms with Gasteiger partial charge >= 0.3 is 6.03 Å². The molecule has 3 aromatic carbocycles. The Kier molecular flexibility index (Phi) is 5.40. The van der Waals surface area contributed by atoms with Crippen molar-refractivity contribution >= 4 is 34.2 Å². The summed E-state index contributed by atoms with van der Waals surface area (Å²) < 4.78 is 5.19. The van der Waals surface area contributed by atoms with E-state index in [-0.39, 0.29) is 6.03 Å². The highest BCUT2D eigenvalue weighted by Gasteiger charge is 2.06. The highest BCUT2D eigenvalue weighted by molar-refractivity contribution is 6.31. The van der Waals surface area contributed by atoms with Crippen LogP contribution in [0.5, 0.6) is 5.75 Å². The Morgan fingerprint density at radius 1 is 1.03 bits per heavy atom. The second-order valence-corrected chi connectivity index (χ2v) is 7.09. The molecule has 0 aliphatic heterocycles. The van der Waals surface area contributed by atoms with Crippen molar-refractivity contribution in [3.05, 3.63) is 83.4 Å². The van der Waals surface area contributed by atoms with Crippen LogP contribution in [0.3, 0.4) is 0 Å². The number of rotatable bonds is 5. The van der Waals surface area contributed by atoms with Crippen LogP contribution >= 0.6 is 11.6 Å². The summed E-state index contributed by atoms with van der Waals surface area (Å²) >= 11 is 6.06. The fraction of sp³-hybridized carbons (Fsp3) is 0.0870. The quantitative estimate of drug-likeness (QED) is 0.391. The van der Waals surface area contributed by atoms with Crippen molar-refractivity contribution in [2.24, 2.45) is 0 Å². The highest BCUT2D eigenvalue weighted by atomic mass is 35.5. The van der Waals surface area contributed by atoms with Gasteiger partial charge < -0.3 is 20.4 Å². The largest absolute Gasteiger partial charge is 0.497 e.